The molecular formula is C15H24N2O2. The second-order valence-electron chi connectivity index (χ2n) is 5.06. The van der Waals surface area contributed by atoms with Gasteiger partial charge in [-0.3, -0.25) is 4.79 Å². The minimum Gasteiger partial charge on any atom is -0.399 e. The van der Waals surface area contributed by atoms with E-state index in [1.807, 2.05) is 26.0 Å². The SMILES string of the molecule is CCC(CC)(CO)CNC(=O)Cc1cccc(N)c1. The number of aliphatic hydroxyl groups is 1. The second-order valence-corrected chi connectivity index (χ2v) is 5.06. The third-order valence-corrected chi connectivity index (χ3v) is 3.81. The summed E-state index contributed by atoms with van der Waals surface area (Å²) in [5.74, 6) is -0.0367. The molecule has 0 bridgehead atoms. The molecule has 0 aromatic heterocycles. The van der Waals surface area contributed by atoms with Crippen LogP contribution in [0.5, 0.6) is 0 Å². The molecule has 1 amide bonds. The Labute approximate surface area is 115 Å². The normalized spacial score (nSPS) is 11.3. The predicted molar refractivity (Wildman–Crippen MR) is 77.7 cm³/mol. The standard InChI is InChI=1S/C15H24N2O2/c1-3-15(4-2,11-18)10-17-14(19)9-12-6-5-7-13(16)8-12/h5-8,18H,3-4,9-11,16H2,1-2H3,(H,17,19). The van der Waals surface area contributed by atoms with Crippen molar-refractivity contribution >= 4 is 11.6 Å². The maximum absolute atomic E-state index is 11.9. The first-order chi connectivity index (χ1) is 9.05. The maximum Gasteiger partial charge on any atom is 0.224 e. The van der Waals surface area contributed by atoms with Gasteiger partial charge in [0, 0.05) is 17.6 Å². The highest BCUT2D eigenvalue weighted by atomic mass is 16.3. The minimum atomic E-state index is -0.203. The summed E-state index contributed by atoms with van der Waals surface area (Å²) in [6.07, 6.45) is 2.01. The average Bonchev–Trinajstić information content (AvgIpc) is 2.41. The maximum atomic E-state index is 11.9. The van der Waals surface area contributed by atoms with Crippen LogP contribution < -0.4 is 11.1 Å². The molecule has 4 heteroatoms. The molecule has 0 aliphatic heterocycles. The van der Waals surface area contributed by atoms with Gasteiger partial charge in [-0.15, -0.1) is 0 Å². The summed E-state index contributed by atoms with van der Waals surface area (Å²) in [5.41, 5.74) is 7.04. The monoisotopic (exact) mass is 264 g/mol. The predicted octanol–water partition coefficient (Wildman–Crippen LogP) is 1.73. The first kappa shape index (κ1) is 15.5. The Morgan fingerprint density at radius 1 is 1.37 bits per heavy atom. The van der Waals surface area contributed by atoms with Crippen LogP contribution in [0, 0.1) is 5.41 Å². The van der Waals surface area contributed by atoms with Crippen molar-refractivity contribution in [2.45, 2.75) is 33.1 Å². The number of nitrogen functional groups attached to an aromatic ring is 1. The molecule has 1 aromatic rings. The molecule has 0 heterocycles. The summed E-state index contributed by atoms with van der Waals surface area (Å²) in [7, 11) is 0. The van der Waals surface area contributed by atoms with Crippen LogP contribution in [-0.4, -0.2) is 24.2 Å². The first-order valence-electron chi connectivity index (χ1n) is 6.77. The molecule has 4 N–H and O–H groups in total. The molecule has 0 spiro atoms. The molecule has 0 atom stereocenters. The fraction of sp³-hybridized carbons (Fsp3) is 0.533. The highest BCUT2D eigenvalue weighted by molar-refractivity contribution is 5.78. The number of carbonyl (C=O) groups excluding carboxylic acids is 1. The second kappa shape index (κ2) is 7.14. The van der Waals surface area contributed by atoms with Crippen LogP contribution in [-0.2, 0) is 11.2 Å². The topological polar surface area (TPSA) is 75.3 Å². The van der Waals surface area contributed by atoms with E-state index in [4.69, 9.17) is 5.73 Å². The van der Waals surface area contributed by atoms with Crippen LogP contribution in [0.1, 0.15) is 32.3 Å². The zero-order valence-corrected chi connectivity index (χ0v) is 11.8. The van der Waals surface area contributed by atoms with E-state index in [2.05, 4.69) is 5.32 Å². The van der Waals surface area contributed by atoms with Gasteiger partial charge in [0.05, 0.1) is 13.0 Å². The molecular weight excluding hydrogens is 240 g/mol. The zero-order chi connectivity index (χ0) is 14.3. The molecule has 1 rings (SSSR count). The van der Waals surface area contributed by atoms with Crippen LogP contribution in [0.4, 0.5) is 5.69 Å². The number of aliphatic hydroxyl groups excluding tert-OH is 1. The third kappa shape index (κ3) is 4.56. The van der Waals surface area contributed by atoms with E-state index in [0.717, 1.165) is 18.4 Å². The highest BCUT2D eigenvalue weighted by Gasteiger charge is 2.25. The lowest BCUT2D eigenvalue weighted by molar-refractivity contribution is -0.121. The Morgan fingerprint density at radius 3 is 2.58 bits per heavy atom. The number of nitrogens with two attached hydrogens (primary N) is 1. The van der Waals surface area contributed by atoms with E-state index in [-0.39, 0.29) is 17.9 Å². The fourth-order valence-electron chi connectivity index (χ4n) is 2.02. The number of hydrogen-bond acceptors (Lipinski definition) is 3. The van der Waals surface area contributed by atoms with Gasteiger partial charge in [-0.25, -0.2) is 0 Å². The van der Waals surface area contributed by atoms with E-state index in [1.165, 1.54) is 0 Å². The first-order valence-corrected chi connectivity index (χ1v) is 6.77. The van der Waals surface area contributed by atoms with Crippen molar-refractivity contribution < 1.29 is 9.90 Å². The number of benzene rings is 1. The summed E-state index contributed by atoms with van der Waals surface area (Å²) in [5, 5.41) is 12.4. The lowest BCUT2D eigenvalue weighted by atomic mass is 9.83. The molecule has 0 unspecified atom stereocenters. The van der Waals surface area contributed by atoms with E-state index >= 15 is 0 Å². The van der Waals surface area contributed by atoms with Gasteiger partial charge in [-0.2, -0.15) is 0 Å². The van der Waals surface area contributed by atoms with Crippen molar-refractivity contribution in [3.63, 3.8) is 0 Å². The van der Waals surface area contributed by atoms with Crippen LogP contribution in [0.3, 0.4) is 0 Å². The van der Waals surface area contributed by atoms with Crippen LogP contribution >= 0.6 is 0 Å². The number of carbonyl (C=O) groups is 1. The number of hydrogen-bond donors (Lipinski definition) is 3. The number of anilines is 1. The third-order valence-electron chi connectivity index (χ3n) is 3.81. The molecule has 0 fully saturated rings. The van der Waals surface area contributed by atoms with Crippen molar-refractivity contribution in [3.05, 3.63) is 29.8 Å². The van der Waals surface area contributed by atoms with Crippen molar-refractivity contribution in [1.29, 1.82) is 0 Å². The number of nitrogens with one attached hydrogen (secondary N) is 1. The van der Waals surface area contributed by atoms with Crippen molar-refractivity contribution in [2.24, 2.45) is 5.41 Å². The van der Waals surface area contributed by atoms with E-state index in [1.54, 1.807) is 12.1 Å². The average molecular weight is 264 g/mol. The molecule has 106 valence electrons. The van der Waals surface area contributed by atoms with Gasteiger partial charge in [-0.05, 0) is 30.5 Å². The molecule has 4 nitrogen and oxygen atoms in total. The Balaban J connectivity index is 2.52. The number of rotatable bonds is 7. The molecule has 0 saturated carbocycles. The van der Waals surface area contributed by atoms with Gasteiger partial charge < -0.3 is 16.2 Å². The van der Waals surface area contributed by atoms with Gasteiger partial charge >= 0.3 is 0 Å². The molecule has 0 aliphatic rings. The minimum absolute atomic E-state index is 0.0367. The highest BCUT2D eigenvalue weighted by Crippen LogP contribution is 2.24. The summed E-state index contributed by atoms with van der Waals surface area (Å²) >= 11 is 0. The zero-order valence-electron chi connectivity index (χ0n) is 11.8. The van der Waals surface area contributed by atoms with Crippen LogP contribution in [0.15, 0.2) is 24.3 Å². The lowest BCUT2D eigenvalue weighted by Gasteiger charge is -2.29. The van der Waals surface area contributed by atoms with Gasteiger partial charge in [-0.1, -0.05) is 26.0 Å². The fourth-order valence-corrected chi connectivity index (χ4v) is 2.02. The molecule has 19 heavy (non-hydrogen) atoms. The van der Waals surface area contributed by atoms with Gasteiger partial charge in [0.15, 0.2) is 0 Å². The quantitative estimate of drug-likeness (QED) is 0.656. The molecule has 0 saturated heterocycles. The van der Waals surface area contributed by atoms with Crippen molar-refractivity contribution in [3.8, 4) is 0 Å². The van der Waals surface area contributed by atoms with Crippen molar-refractivity contribution in [2.75, 3.05) is 18.9 Å². The Hall–Kier alpha value is -1.55. The van der Waals surface area contributed by atoms with E-state index in [9.17, 15) is 9.90 Å². The van der Waals surface area contributed by atoms with Gasteiger partial charge in [0.1, 0.15) is 0 Å². The smallest absolute Gasteiger partial charge is 0.224 e. The summed E-state index contributed by atoms with van der Waals surface area (Å²) in [6, 6.07) is 7.33. The summed E-state index contributed by atoms with van der Waals surface area (Å²) in [6.45, 7) is 4.67. The number of amides is 1. The van der Waals surface area contributed by atoms with Crippen LogP contribution in [0.2, 0.25) is 0 Å². The molecule has 0 radical (unpaired) electrons. The lowest BCUT2D eigenvalue weighted by Crippen LogP contribution is -2.39. The van der Waals surface area contributed by atoms with Crippen molar-refractivity contribution in [1.82, 2.24) is 5.32 Å². The summed E-state index contributed by atoms with van der Waals surface area (Å²) < 4.78 is 0. The van der Waals surface area contributed by atoms with Gasteiger partial charge in [0.2, 0.25) is 5.91 Å². The van der Waals surface area contributed by atoms with Crippen LogP contribution in [0.25, 0.3) is 0 Å². The van der Waals surface area contributed by atoms with E-state index < -0.39 is 0 Å². The largest absolute Gasteiger partial charge is 0.399 e. The van der Waals surface area contributed by atoms with Gasteiger partial charge in [0.25, 0.3) is 0 Å². The Bertz CT molecular complexity index is 406. The Morgan fingerprint density at radius 2 is 2.05 bits per heavy atom. The summed E-state index contributed by atoms with van der Waals surface area (Å²) in [4.78, 5) is 11.9. The van der Waals surface area contributed by atoms with E-state index in [0.29, 0.717) is 18.7 Å². The Kier molecular flexibility index (Phi) is 5.83. The molecule has 1 aromatic carbocycles. The molecule has 0 aliphatic carbocycles.